The number of carbonyl (C=O) groups is 3. The highest BCUT2D eigenvalue weighted by Gasteiger charge is 2.24. The Morgan fingerprint density at radius 2 is 1.81 bits per heavy atom. The van der Waals surface area contributed by atoms with Gasteiger partial charge in [-0.15, -0.1) is 0 Å². The van der Waals surface area contributed by atoms with Crippen LogP contribution in [0.1, 0.15) is 24.8 Å². The summed E-state index contributed by atoms with van der Waals surface area (Å²) in [6.45, 7) is 1.06. The summed E-state index contributed by atoms with van der Waals surface area (Å²) in [6, 6.07) is 5.74. The van der Waals surface area contributed by atoms with Gasteiger partial charge in [0.2, 0.25) is 10.0 Å². The van der Waals surface area contributed by atoms with Crippen LogP contribution in [0.15, 0.2) is 29.2 Å². The van der Waals surface area contributed by atoms with Crippen molar-refractivity contribution in [2.45, 2.75) is 37.1 Å². The van der Waals surface area contributed by atoms with Crippen LogP contribution in [0.3, 0.4) is 0 Å². The molecule has 1 aromatic rings. The average molecular weight is 383 g/mol. The van der Waals surface area contributed by atoms with Crippen molar-refractivity contribution in [1.82, 2.24) is 15.4 Å². The quantitative estimate of drug-likeness (QED) is 0.550. The molecule has 3 N–H and O–H groups in total. The van der Waals surface area contributed by atoms with E-state index in [1.165, 1.54) is 12.1 Å². The summed E-state index contributed by atoms with van der Waals surface area (Å²) in [5.74, 6) is -1.51. The highest BCUT2D eigenvalue weighted by Crippen LogP contribution is 2.18. The summed E-state index contributed by atoms with van der Waals surface area (Å²) in [4.78, 5) is 34.4. The molecule has 2 rings (SSSR count). The molecule has 1 aromatic carbocycles. The Morgan fingerprint density at radius 3 is 2.42 bits per heavy atom. The van der Waals surface area contributed by atoms with E-state index < -0.39 is 34.5 Å². The number of hydrogen-bond acceptors (Lipinski definition) is 6. The van der Waals surface area contributed by atoms with Crippen LogP contribution in [0.5, 0.6) is 0 Å². The second-order valence-corrected chi connectivity index (χ2v) is 7.68. The van der Waals surface area contributed by atoms with Crippen LogP contribution in [0.2, 0.25) is 0 Å². The molecule has 10 heteroatoms. The van der Waals surface area contributed by atoms with E-state index in [4.69, 9.17) is 4.74 Å². The first-order valence-corrected chi connectivity index (χ1v) is 9.57. The molecular formula is C16H21N3O6S. The number of rotatable bonds is 8. The zero-order valence-corrected chi connectivity index (χ0v) is 15.1. The number of imide groups is 1. The van der Waals surface area contributed by atoms with Crippen molar-refractivity contribution in [3.63, 3.8) is 0 Å². The van der Waals surface area contributed by atoms with E-state index in [1.54, 1.807) is 12.1 Å². The topological polar surface area (TPSA) is 131 Å². The van der Waals surface area contributed by atoms with Crippen LogP contribution < -0.4 is 15.4 Å². The number of amides is 3. The van der Waals surface area contributed by atoms with Crippen molar-refractivity contribution < 1.29 is 27.5 Å². The van der Waals surface area contributed by atoms with Gasteiger partial charge in [-0.1, -0.05) is 17.7 Å². The minimum atomic E-state index is -3.72. The van der Waals surface area contributed by atoms with Crippen LogP contribution >= 0.6 is 0 Å². The molecule has 1 fully saturated rings. The maximum atomic E-state index is 12.0. The van der Waals surface area contributed by atoms with E-state index in [2.05, 4.69) is 10.0 Å². The smallest absolute Gasteiger partial charge is 0.321 e. The van der Waals surface area contributed by atoms with Crippen LogP contribution in [0.25, 0.3) is 0 Å². The molecule has 142 valence electrons. The summed E-state index contributed by atoms with van der Waals surface area (Å²) < 4.78 is 31.0. The van der Waals surface area contributed by atoms with Crippen molar-refractivity contribution in [2.24, 2.45) is 0 Å². The second-order valence-electron chi connectivity index (χ2n) is 5.92. The normalized spacial score (nSPS) is 13.7. The maximum Gasteiger partial charge on any atom is 0.321 e. The lowest BCUT2D eigenvalue weighted by molar-refractivity contribution is -0.148. The lowest BCUT2D eigenvalue weighted by Gasteiger charge is -2.08. The number of ether oxygens (including phenoxy) is 1. The highest BCUT2D eigenvalue weighted by atomic mass is 32.2. The molecule has 0 radical (unpaired) electrons. The highest BCUT2D eigenvalue weighted by molar-refractivity contribution is 7.89. The first kappa shape index (κ1) is 19.9. The van der Waals surface area contributed by atoms with Gasteiger partial charge in [0.25, 0.3) is 5.91 Å². The Balaban J connectivity index is 1.65. The zero-order chi connectivity index (χ0) is 19.2. The molecule has 26 heavy (non-hydrogen) atoms. The Bertz CT molecular complexity index is 772. The van der Waals surface area contributed by atoms with Gasteiger partial charge in [-0.3, -0.25) is 14.9 Å². The monoisotopic (exact) mass is 383 g/mol. The number of aryl methyl sites for hydroxylation is 1. The molecule has 1 saturated carbocycles. The number of esters is 1. The number of benzene rings is 1. The molecule has 0 aromatic heterocycles. The van der Waals surface area contributed by atoms with E-state index in [9.17, 15) is 22.8 Å². The first-order chi connectivity index (χ1) is 12.3. The van der Waals surface area contributed by atoms with Crippen molar-refractivity contribution in [3.8, 4) is 0 Å². The van der Waals surface area contributed by atoms with Crippen molar-refractivity contribution in [3.05, 3.63) is 29.8 Å². The minimum Gasteiger partial charge on any atom is -0.456 e. The molecule has 1 aliphatic carbocycles. The SMILES string of the molecule is Cc1ccc(S(=O)(=O)NCCC(=O)OCC(=O)NC(=O)NC2CC2)cc1. The van der Waals surface area contributed by atoms with Gasteiger partial charge in [0.15, 0.2) is 6.61 Å². The standard InChI is InChI=1S/C16H21N3O6S/c1-11-2-6-13(7-3-11)26(23,24)17-9-8-15(21)25-10-14(20)19-16(22)18-12-4-5-12/h2-3,6-7,12,17H,4-5,8-10H2,1H3,(H2,18,19,20,22). The fourth-order valence-corrected chi connectivity index (χ4v) is 2.95. The van der Waals surface area contributed by atoms with Gasteiger partial charge in [-0.05, 0) is 31.9 Å². The molecule has 0 bridgehead atoms. The Kier molecular flexibility index (Phi) is 6.70. The predicted molar refractivity (Wildman–Crippen MR) is 91.6 cm³/mol. The third kappa shape index (κ3) is 6.81. The molecule has 0 spiro atoms. The molecule has 1 aliphatic rings. The largest absolute Gasteiger partial charge is 0.456 e. The minimum absolute atomic E-state index is 0.0949. The summed E-state index contributed by atoms with van der Waals surface area (Å²) >= 11 is 0. The second kappa shape index (κ2) is 8.77. The summed E-state index contributed by atoms with van der Waals surface area (Å²) in [7, 11) is -3.72. The summed E-state index contributed by atoms with van der Waals surface area (Å²) in [5, 5.41) is 4.59. The lowest BCUT2D eigenvalue weighted by atomic mass is 10.2. The Hall–Kier alpha value is -2.46. The molecular weight excluding hydrogens is 362 g/mol. The zero-order valence-electron chi connectivity index (χ0n) is 14.3. The van der Waals surface area contributed by atoms with Gasteiger partial charge < -0.3 is 10.1 Å². The van der Waals surface area contributed by atoms with Crippen LogP contribution in [-0.2, 0) is 24.3 Å². The number of carbonyl (C=O) groups excluding carboxylic acids is 3. The van der Waals surface area contributed by atoms with E-state index in [1.807, 2.05) is 12.2 Å². The fraction of sp³-hybridized carbons (Fsp3) is 0.438. The van der Waals surface area contributed by atoms with E-state index >= 15 is 0 Å². The van der Waals surface area contributed by atoms with Gasteiger partial charge in [0.05, 0.1) is 11.3 Å². The third-order valence-electron chi connectivity index (χ3n) is 3.48. The van der Waals surface area contributed by atoms with Crippen LogP contribution in [-0.4, -0.2) is 45.5 Å². The molecule has 3 amide bonds. The van der Waals surface area contributed by atoms with Crippen molar-refractivity contribution >= 4 is 27.9 Å². The first-order valence-electron chi connectivity index (χ1n) is 8.08. The molecule has 0 saturated heterocycles. The Morgan fingerprint density at radius 1 is 1.15 bits per heavy atom. The van der Waals surface area contributed by atoms with Gasteiger partial charge in [0.1, 0.15) is 0 Å². The van der Waals surface area contributed by atoms with Crippen molar-refractivity contribution in [1.29, 1.82) is 0 Å². The van der Waals surface area contributed by atoms with Gasteiger partial charge in [-0.2, -0.15) is 0 Å². The third-order valence-corrected chi connectivity index (χ3v) is 4.96. The molecule has 9 nitrogen and oxygen atoms in total. The summed E-state index contributed by atoms with van der Waals surface area (Å²) in [6.07, 6.45) is 1.52. The number of urea groups is 1. The molecule has 0 aliphatic heterocycles. The number of sulfonamides is 1. The van der Waals surface area contributed by atoms with Gasteiger partial charge >= 0.3 is 12.0 Å². The molecule has 0 unspecified atom stereocenters. The van der Waals surface area contributed by atoms with Crippen molar-refractivity contribution in [2.75, 3.05) is 13.2 Å². The maximum absolute atomic E-state index is 12.0. The molecule has 0 heterocycles. The van der Waals surface area contributed by atoms with E-state index in [0.29, 0.717) is 0 Å². The van der Waals surface area contributed by atoms with Gasteiger partial charge in [-0.25, -0.2) is 17.9 Å². The van der Waals surface area contributed by atoms with Crippen LogP contribution in [0, 0.1) is 6.92 Å². The lowest BCUT2D eigenvalue weighted by Crippen LogP contribution is -2.42. The number of hydrogen-bond donors (Lipinski definition) is 3. The van der Waals surface area contributed by atoms with Crippen LogP contribution in [0.4, 0.5) is 4.79 Å². The fourth-order valence-electron chi connectivity index (χ4n) is 1.92. The summed E-state index contributed by atoms with van der Waals surface area (Å²) in [5.41, 5.74) is 0.927. The van der Waals surface area contributed by atoms with Gasteiger partial charge in [0, 0.05) is 12.6 Å². The average Bonchev–Trinajstić information content (AvgIpc) is 3.37. The predicted octanol–water partition coefficient (Wildman–Crippen LogP) is 0.195. The Labute approximate surface area is 151 Å². The number of nitrogens with one attached hydrogen (secondary N) is 3. The van der Waals surface area contributed by atoms with E-state index in [-0.39, 0.29) is 23.9 Å². The molecule has 0 atom stereocenters. The van der Waals surface area contributed by atoms with E-state index in [0.717, 1.165) is 18.4 Å².